The number of rotatable bonds is 1. The molecule has 1 fully saturated rings. The summed E-state index contributed by atoms with van der Waals surface area (Å²) in [6, 6.07) is 1.95. The molecule has 0 radical (unpaired) electrons. The summed E-state index contributed by atoms with van der Waals surface area (Å²) in [4.78, 5) is 5.57. The van der Waals surface area contributed by atoms with Crippen LogP contribution < -0.4 is 0 Å². The van der Waals surface area contributed by atoms with Crippen molar-refractivity contribution in [1.82, 2.24) is 4.98 Å². The summed E-state index contributed by atoms with van der Waals surface area (Å²) in [6.07, 6.45) is 5.32. The number of thiazole rings is 1. The second-order valence-electron chi connectivity index (χ2n) is 3.76. The lowest BCUT2D eigenvalue weighted by molar-refractivity contribution is 0.594. The third kappa shape index (κ3) is 1.41. The van der Waals surface area contributed by atoms with Crippen molar-refractivity contribution >= 4 is 37.7 Å². The molecular formula is C10H10BrNOS. The lowest BCUT2D eigenvalue weighted by atomic mass is 10.1. The van der Waals surface area contributed by atoms with Gasteiger partial charge in [0.25, 0.3) is 0 Å². The van der Waals surface area contributed by atoms with E-state index in [0.717, 1.165) is 15.1 Å². The molecule has 14 heavy (non-hydrogen) atoms. The quantitative estimate of drug-likeness (QED) is 0.773. The van der Waals surface area contributed by atoms with E-state index in [1.165, 1.54) is 30.7 Å². The number of aromatic nitrogens is 1. The second-order valence-corrected chi connectivity index (χ2v) is 5.53. The molecule has 0 aliphatic heterocycles. The van der Waals surface area contributed by atoms with E-state index in [1.807, 2.05) is 6.07 Å². The highest BCUT2D eigenvalue weighted by Gasteiger charge is 2.21. The van der Waals surface area contributed by atoms with E-state index >= 15 is 0 Å². The Balaban J connectivity index is 2.01. The summed E-state index contributed by atoms with van der Waals surface area (Å²) >= 11 is 5.02. The first-order valence-electron chi connectivity index (χ1n) is 4.89. The summed E-state index contributed by atoms with van der Waals surface area (Å²) in [5, 5.41) is 1.27. The number of hydrogen-bond donors (Lipinski definition) is 0. The Hall–Kier alpha value is -0.350. The minimum absolute atomic E-state index is 0.696. The SMILES string of the molecule is Brc1cc2nc(C3CCCC3)sc2o1. The standard InChI is InChI=1S/C10H10BrNOS/c11-8-5-7-10(13-8)14-9(12-7)6-3-1-2-4-6/h5-6H,1-4H2. The Morgan fingerprint density at radius 1 is 1.43 bits per heavy atom. The minimum atomic E-state index is 0.696. The largest absolute Gasteiger partial charge is 0.437 e. The Bertz CT molecular complexity index is 424. The Labute approximate surface area is 94.5 Å². The highest BCUT2D eigenvalue weighted by molar-refractivity contribution is 9.10. The van der Waals surface area contributed by atoms with Crippen molar-refractivity contribution < 1.29 is 4.42 Å². The zero-order chi connectivity index (χ0) is 9.54. The molecule has 0 amide bonds. The molecule has 2 nitrogen and oxygen atoms in total. The van der Waals surface area contributed by atoms with Crippen molar-refractivity contribution in [1.29, 1.82) is 0 Å². The monoisotopic (exact) mass is 271 g/mol. The number of halogens is 1. The van der Waals surface area contributed by atoms with Gasteiger partial charge in [-0.05, 0) is 28.8 Å². The number of hydrogen-bond acceptors (Lipinski definition) is 3. The van der Waals surface area contributed by atoms with Crippen LogP contribution in [-0.2, 0) is 0 Å². The van der Waals surface area contributed by atoms with E-state index in [9.17, 15) is 0 Å². The van der Waals surface area contributed by atoms with Gasteiger partial charge in [0.05, 0.1) is 0 Å². The van der Waals surface area contributed by atoms with Gasteiger partial charge >= 0.3 is 0 Å². The van der Waals surface area contributed by atoms with E-state index < -0.39 is 0 Å². The van der Waals surface area contributed by atoms with Crippen LogP contribution in [0, 0.1) is 0 Å². The molecule has 0 unspecified atom stereocenters. The van der Waals surface area contributed by atoms with Crippen molar-refractivity contribution in [3.05, 3.63) is 15.7 Å². The first-order valence-corrected chi connectivity index (χ1v) is 6.49. The summed E-state index contributed by atoms with van der Waals surface area (Å²) in [7, 11) is 0. The first kappa shape index (κ1) is 8.92. The van der Waals surface area contributed by atoms with Crippen LogP contribution in [0.1, 0.15) is 36.6 Å². The maximum atomic E-state index is 5.48. The maximum Gasteiger partial charge on any atom is 0.209 e. The van der Waals surface area contributed by atoms with E-state index in [2.05, 4.69) is 20.9 Å². The van der Waals surface area contributed by atoms with Gasteiger partial charge in [-0.3, -0.25) is 0 Å². The average Bonchev–Trinajstić information content (AvgIpc) is 2.74. The van der Waals surface area contributed by atoms with Crippen LogP contribution in [0.15, 0.2) is 15.2 Å². The van der Waals surface area contributed by atoms with Gasteiger partial charge in [-0.1, -0.05) is 24.2 Å². The van der Waals surface area contributed by atoms with Crippen molar-refractivity contribution in [2.24, 2.45) is 0 Å². The minimum Gasteiger partial charge on any atom is -0.437 e. The van der Waals surface area contributed by atoms with Gasteiger partial charge < -0.3 is 4.42 Å². The topological polar surface area (TPSA) is 26.0 Å². The van der Waals surface area contributed by atoms with Crippen LogP contribution >= 0.6 is 27.3 Å². The Morgan fingerprint density at radius 3 is 2.93 bits per heavy atom. The van der Waals surface area contributed by atoms with Crippen molar-refractivity contribution in [2.45, 2.75) is 31.6 Å². The third-order valence-corrected chi connectivity index (χ3v) is 4.28. The lowest BCUT2D eigenvalue weighted by Gasteiger charge is -2.01. The van der Waals surface area contributed by atoms with E-state index in [0.29, 0.717) is 5.92 Å². The van der Waals surface area contributed by atoms with Crippen molar-refractivity contribution in [3.8, 4) is 0 Å². The van der Waals surface area contributed by atoms with Crippen LogP contribution in [0.5, 0.6) is 0 Å². The van der Waals surface area contributed by atoms with Gasteiger partial charge in [-0.25, -0.2) is 4.98 Å². The molecule has 0 saturated heterocycles. The molecule has 0 aromatic carbocycles. The maximum absolute atomic E-state index is 5.48. The fourth-order valence-electron chi connectivity index (χ4n) is 2.07. The van der Waals surface area contributed by atoms with E-state index in [-0.39, 0.29) is 0 Å². The summed E-state index contributed by atoms with van der Waals surface area (Å²) in [5.41, 5.74) is 1.00. The summed E-state index contributed by atoms with van der Waals surface area (Å²) in [6.45, 7) is 0. The average molecular weight is 272 g/mol. The van der Waals surface area contributed by atoms with Crippen molar-refractivity contribution in [3.63, 3.8) is 0 Å². The van der Waals surface area contributed by atoms with Crippen LogP contribution in [0.4, 0.5) is 0 Å². The highest BCUT2D eigenvalue weighted by atomic mass is 79.9. The van der Waals surface area contributed by atoms with Gasteiger partial charge in [0, 0.05) is 12.0 Å². The molecule has 4 heteroatoms. The third-order valence-electron chi connectivity index (χ3n) is 2.78. The first-order chi connectivity index (χ1) is 6.83. The smallest absolute Gasteiger partial charge is 0.209 e. The zero-order valence-corrected chi connectivity index (χ0v) is 10.0. The number of furan rings is 1. The van der Waals surface area contributed by atoms with E-state index in [1.54, 1.807) is 11.3 Å². The molecule has 0 N–H and O–H groups in total. The van der Waals surface area contributed by atoms with Crippen LogP contribution in [0.3, 0.4) is 0 Å². The number of fused-ring (bicyclic) bond motifs is 1. The fraction of sp³-hybridized carbons (Fsp3) is 0.500. The summed E-state index contributed by atoms with van der Waals surface area (Å²) < 4.78 is 6.26. The molecule has 2 heterocycles. The fourth-order valence-corrected chi connectivity index (χ4v) is 3.63. The van der Waals surface area contributed by atoms with Gasteiger partial charge in [-0.2, -0.15) is 0 Å². The molecule has 1 saturated carbocycles. The van der Waals surface area contributed by atoms with Gasteiger partial charge in [0.1, 0.15) is 10.5 Å². The van der Waals surface area contributed by atoms with E-state index in [4.69, 9.17) is 4.42 Å². The number of nitrogens with zero attached hydrogens (tertiary/aromatic N) is 1. The zero-order valence-electron chi connectivity index (χ0n) is 7.62. The predicted octanol–water partition coefficient (Wildman–Crippen LogP) is 4.31. The molecule has 1 aliphatic carbocycles. The lowest BCUT2D eigenvalue weighted by Crippen LogP contribution is -1.89. The molecule has 74 valence electrons. The Morgan fingerprint density at radius 2 is 2.21 bits per heavy atom. The highest BCUT2D eigenvalue weighted by Crippen LogP contribution is 2.39. The molecule has 3 rings (SSSR count). The molecule has 2 aromatic rings. The molecule has 0 spiro atoms. The molecule has 2 aromatic heterocycles. The van der Waals surface area contributed by atoms with Gasteiger partial charge in [0.2, 0.25) is 4.90 Å². The molecule has 1 aliphatic rings. The molecule has 0 bridgehead atoms. The second kappa shape index (κ2) is 3.35. The van der Waals surface area contributed by atoms with Crippen LogP contribution in [-0.4, -0.2) is 4.98 Å². The molecule has 0 atom stereocenters. The predicted molar refractivity (Wildman–Crippen MR) is 60.8 cm³/mol. The molecular weight excluding hydrogens is 262 g/mol. The normalized spacial score (nSPS) is 18.4. The van der Waals surface area contributed by atoms with Gasteiger partial charge in [0.15, 0.2) is 4.67 Å². The van der Waals surface area contributed by atoms with Crippen molar-refractivity contribution in [2.75, 3.05) is 0 Å². The Kier molecular flexibility index (Phi) is 2.13. The van der Waals surface area contributed by atoms with Crippen LogP contribution in [0.2, 0.25) is 0 Å². The van der Waals surface area contributed by atoms with Crippen LogP contribution in [0.25, 0.3) is 10.4 Å². The summed E-state index contributed by atoms with van der Waals surface area (Å²) in [5.74, 6) is 0.696. The van der Waals surface area contributed by atoms with Gasteiger partial charge in [-0.15, -0.1) is 0 Å².